The summed E-state index contributed by atoms with van der Waals surface area (Å²) in [6.07, 6.45) is 7.77. The van der Waals surface area contributed by atoms with Gasteiger partial charge in [-0.3, -0.25) is 9.59 Å². The van der Waals surface area contributed by atoms with E-state index < -0.39 is 5.82 Å². The number of pyridine rings is 1. The fourth-order valence-electron chi connectivity index (χ4n) is 6.07. The van der Waals surface area contributed by atoms with Crippen LogP contribution >= 0.6 is 0 Å². The Labute approximate surface area is 226 Å². The highest BCUT2D eigenvalue weighted by molar-refractivity contribution is 5.97. The number of amides is 2. The molecule has 0 radical (unpaired) electrons. The van der Waals surface area contributed by atoms with Crippen LogP contribution in [0.2, 0.25) is 0 Å². The van der Waals surface area contributed by atoms with Crippen molar-refractivity contribution in [3.05, 3.63) is 47.7 Å². The lowest BCUT2D eigenvalue weighted by Gasteiger charge is -2.34. The van der Waals surface area contributed by atoms with E-state index in [4.69, 9.17) is 0 Å². The smallest absolute Gasteiger partial charge is 0.253 e. The molecule has 39 heavy (non-hydrogen) atoms. The largest absolute Gasteiger partial charge is 0.370 e. The third-order valence-electron chi connectivity index (χ3n) is 8.36. The molecule has 6 heterocycles. The highest BCUT2D eigenvalue weighted by Crippen LogP contribution is 2.32. The summed E-state index contributed by atoms with van der Waals surface area (Å²) in [7, 11) is 3.71. The van der Waals surface area contributed by atoms with Gasteiger partial charge in [0.2, 0.25) is 11.9 Å². The van der Waals surface area contributed by atoms with E-state index in [1.807, 2.05) is 41.9 Å². The van der Waals surface area contributed by atoms with Crippen molar-refractivity contribution in [3.63, 3.8) is 0 Å². The third-order valence-corrected chi connectivity index (χ3v) is 8.36. The summed E-state index contributed by atoms with van der Waals surface area (Å²) in [4.78, 5) is 41.7. The second kappa shape index (κ2) is 10.3. The van der Waals surface area contributed by atoms with Gasteiger partial charge < -0.3 is 25.0 Å². The van der Waals surface area contributed by atoms with Gasteiger partial charge in [0.1, 0.15) is 11.5 Å². The summed E-state index contributed by atoms with van der Waals surface area (Å²) in [5.74, 6) is 1.15. The molecule has 0 aliphatic carbocycles. The Morgan fingerprint density at radius 1 is 1.08 bits per heavy atom. The first-order valence-corrected chi connectivity index (χ1v) is 13.6. The Hall–Kier alpha value is -4.02. The number of anilines is 3. The second-order valence-corrected chi connectivity index (χ2v) is 10.8. The van der Waals surface area contributed by atoms with Gasteiger partial charge in [-0.05, 0) is 49.8 Å². The van der Waals surface area contributed by atoms with E-state index >= 15 is 0 Å². The number of carbonyl (C=O) groups is 2. The van der Waals surface area contributed by atoms with E-state index in [1.165, 1.54) is 0 Å². The zero-order chi connectivity index (χ0) is 27.1. The minimum absolute atomic E-state index is 0.127. The number of aromatic nitrogens is 4. The highest BCUT2D eigenvalue weighted by Gasteiger charge is 2.32. The van der Waals surface area contributed by atoms with Crippen LogP contribution in [0.4, 0.5) is 21.8 Å². The Kier molecular flexibility index (Phi) is 6.66. The van der Waals surface area contributed by atoms with Crippen molar-refractivity contribution in [1.29, 1.82) is 0 Å². The molecule has 0 saturated carbocycles. The van der Waals surface area contributed by atoms with E-state index in [9.17, 15) is 14.0 Å². The molecule has 11 heteroatoms. The molecule has 2 saturated heterocycles. The van der Waals surface area contributed by atoms with Crippen molar-refractivity contribution < 1.29 is 14.0 Å². The molecule has 3 aliphatic rings. The Balaban J connectivity index is 1.10. The number of carbonyl (C=O) groups excluding carboxylic acids is 2. The van der Waals surface area contributed by atoms with Gasteiger partial charge >= 0.3 is 0 Å². The molecule has 1 atom stereocenters. The van der Waals surface area contributed by atoms with Gasteiger partial charge in [-0.15, -0.1) is 0 Å². The molecule has 204 valence electrons. The van der Waals surface area contributed by atoms with E-state index in [1.54, 1.807) is 6.07 Å². The highest BCUT2D eigenvalue weighted by atomic mass is 19.1. The minimum Gasteiger partial charge on any atom is -0.370 e. The van der Waals surface area contributed by atoms with E-state index in [-0.39, 0.29) is 23.5 Å². The molecule has 2 N–H and O–H groups in total. The van der Waals surface area contributed by atoms with Crippen LogP contribution in [-0.2, 0) is 18.3 Å². The van der Waals surface area contributed by atoms with Crippen molar-refractivity contribution in [2.24, 2.45) is 18.9 Å². The lowest BCUT2D eigenvalue weighted by molar-refractivity contribution is -0.130. The standard InChI is InChI=1S/C28H33FN8O2/c1-35-10-8-18(27(35)39)13-17-6-11-37(12-7-17)19-3-4-24(31-15-19)33-28-32-16-21(29)25(34-28)23-14-20-22(36(23)2)5-9-30-26(20)38/h3-4,14-18H,5-13H2,1-2H3,(H,30,38)(H,31,32,33,34). The van der Waals surface area contributed by atoms with Crippen LogP contribution in [0.5, 0.6) is 0 Å². The number of likely N-dealkylation sites (tertiary alicyclic amines) is 1. The molecule has 0 bridgehead atoms. The molecular weight excluding hydrogens is 499 g/mol. The lowest BCUT2D eigenvalue weighted by atomic mass is 9.86. The predicted octanol–water partition coefficient (Wildman–Crippen LogP) is 3.13. The summed E-state index contributed by atoms with van der Waals surface area (Å²) in [5.41, 5.74) is 3.11. The summed E-state index contributed by atoms with van der Waals surface area (Å²) in [6.45, 7) is 3.32. The maximum atomic E-state index is 14.8. The normalized spacial score (nSPS) is 19.8. The van der Waals surface area contributed by atoms with Crippen LogP contribution in [0, 0.1) is 17.7 Å². The molecule has 1 unspecified atom stereocenters. The maximum absolute atomic E-state index is 14.8. The molecule has 2 fully saturated rings. The Morgan fingerprint density at radius 2 is 1.90 bits per heavy atom. The second-order valence-electron chi connectivity index (χ2n) is 10.8. The first-order valence-electron chi connectivity index (χ1n) is 13.6. The quantitative estimate of drug-likeness (QED) is 0.502. The monoisotopic (exact) mass is 532 g/mol. The molecular formula is C28H33FN8O2. The fourth-order valence-corrected chi connectivity index (χ4v) is 6.07. The van der Waals surface area contributed by atoms with Gasteiger partial charge in [0.05, 0.1) is 29.3 Å². The summed E-state index contributed by atoms with van der Waals surface area (Å²) >= 11 is 0. The SMILES string of the molecule is CN1CCC(CC2CCN(c3ccc(Nc4ncc(F)c(-c5cc6c(n5C)CCNC6=O)n4)nc3)CC2)C1=O. The van der Waals surface area contributed by atoms with Gasteiger partial charge in [0.25, 0.3) is 5.91 Å². The Morgan fingerprint density at radius 3 is 2.59 bits per heavy atom. The fraction of sp³-hybridized carbons (Fsp3) is 0.464. The van der Waals surface area contributed by atoms with Crippen LogP contribution in [-0.4, -0.2) is 69.5 Å². The number of hydrogen-bond donors (Lipinski definition) is 2. The minimum atomic E-state index is -0.560. The molecule has 3 aliphatic heterocycles. The molecule has 3 aromatic heterocycles. The van der Waals surface area contributed by atoms with E-state index in [0.717, 1.165) is 62.9 Å². The average molecular weight is 533 g/mol. The van der Waals surface area contributed by atoms with Gasteiger partial charge in [-0.2, -0.15) is 0 Å². The number of halogens is 1. The molecule has 10 nitrogen and oxygen atoms in total. The summed E-state index contributed by atoms with van der Waals surface area (Å²) < 4.78 is 16.6. The molecule has 2 amide bonds. The molecule has 0 aromatic carbocycles. The van der Waals surface area contributed by atoms with Crippen LogP contribution in [0.25, 0.3) is 11.4 Å². The topological polar surface area (TPSA) is 108 Å². The summed E-state index contributed by atoms with van der Waals surface area (Å²) in [5, 5.41) is 5.89. The Bertz CT molecular complexity index is 1400. The molecule has 0 spiro atoms. The van der Waals surface area contributed by atoms with Crippen LogP contribution in [0.1, 0.15) is 41.7 Å². The number of nitrogens with zero attached hydrogens (tertiary/aromatic N) is 6. The van der Waals surface area contributed by atoms with Gasteiger partial charge in [-0.1, -0.05) is 0 Å². The van der Waals surface area contributed by atoms with Crippen molar-refractivity contribution in [3.8, 4) is 11.4 Å². The number of piperidine rings is 1. The maximum Gasteiger partial charge on any atom is 0.253 e. The van der Waals surface area contributed by atoms with Crippen molar-refractivity contribution in [2.75, 3.05) is 43.4 Å². The zero-order valence-corrected chi connectivity index (χ0v) is 22.3. The van der Waals surface area contributed by atoms with Crippen LogP contribution in [0.3, 0.4) is 0 Å². The van der Waals surface area contributed by atoms with E-state index in [2.05, 4.69) is 30.5 Å². The number of rotatable bonds is 6. The van der Waals surface area contributed by atoms with Crippen molar-refractivity contribution in [1.82, 2.24) is 29.7 Å². The third kappa shape index (κ3) is 4.93. The van der Waals surface area contributed by atoms with Gasteiger partial charge in [0, 0.05) is 58.3 Å². The zero-order valence-electron chi connectivity index (χ0n) is 22.3. The van der Waals surface area contributed by atoms with E-state index in [0.29, 0.717) is 41.9 Å². The van der Waals surface area contributed by atoms with Gasteiger partial charge in [0.15, 0.2) is 5.82 Å². The number of fused-ring (bicyclic) bond motifs is 1. The van der Waals surface area contributed by atoms with Crippen LogP contribution < -0.4 is 15.5 Å². The summed E-state index contributed by atoms with van der Waals surface area (Å²) in [6, 6.07) is 5.56. The molecule has 3 aromatic rings. The lowest BCUT2D eigenvalue weighted by Crippen LogP contribution is -2.35. The average Bonchev–Trinajstić information content (AvgIpc) is 3.45. The van der Waals surface area contributed by atoms with Crippen molar-refractivity contribution in [2.45, 2.75) is 32.1 Å². The number of nitrogens with one attached hydrogen (secondary N) is 2. The van der Waals surface area contributed by atoms with Crippen molar-refractivity contribution >= 4 is 29.3 Å². The van der Waals surface area contributed by atoms with Crippen LogP contribution in [0.15, 0.2) is 30.6 Å². The first kappa shape index (κ1) is 25.3. The predicted molar refractivity (Wildman–Crippen MR) is 145 cm³/mol. The van der Waals surface area contributed by atoms with Gasteiger partial charge in [-0.25, -0.2) is 19.3 Å². The molecule has 6 rings (SSSR count). The number of hydrogen-bond acceptors (Lipinski definition) is 7. The first-order chi connectivity index (χ1) is 18.9.